The number of halogens is 3. The maximum atomic E-state index is 12.8. The summed E-state index contributed by atoms with van der Waals surface area (Å²) in [4.78, 5) is 11.7. The van der Waals surface area contributed by atoms with Gasteiger partial charge in [-0.1, -0.05) is 29.8 Å². The third-order valence-corrected chi connectivity index (χ3v) is 4.39. The molecule has 4 N–H and O–H groups in total. The smallest absolute Gasteiger partial charge is 0.383 e. The van der Waals surface area contributed by atoms with E-state index in [2.05, 4.69) is 5.10 Å². The first-order valence-corrected chi connectivity index (χ1v) is 7.97. The molecule has 1 amide bonds. The molecule has 134 valence electrons. The van der Waals surface area contributed by atoms with E-state index in [-0.39, 0.29) is 23.3 Å². The number of primary amides is 1. The maximum Gasteiger partial charge on any atom is 0.394 e. The van der Waals surface area contributed by atoms with Gasteiger partial charge in [0.25, 0.3) is 5.91 Å². The highest BCUT2D eigenvalue weighted by Crippen LogP contribution is 2.45. The molecule has 1 heterocycles. The molecular weight excluding hydrogens is 333 g/mol. The standard InChI is InChI=1S/C17H19F3N4O/c1-9-2-4-10(5-3-9)14(11-6-7-11)24-15(21)13(16(22)25)12(23-24)8-17(18,19)20/h2-5,11,14H,6-8,21H2,1H3,(H2,22,25). The van der Waals surface area contributed by atoms with Crippen molar-refractivity contribution >= 4 is 11.7 Å². The molecule has 0 bridgehead atoms. The fraction of sp³-hybridized carbons (Fsp3) is 0.412. The SMILES string of the molecule is Cc1ccc(C(C2CC2)n2nc(CC(F)(F)F)c(C(N)=O)c2N)cc1. The first-order valence-electron chi connectivity index (χ1n) is 7.97. The molecule has 0 radical (unpaired) electrons. The highest BCUT2D eigenvalue weighted by atomic mass is 19.4. The highest BCUT2D eigenvalue weighted by Gasteiger charge is 2.39. The van der Waals surface area contributed by atoms with Crippen molar-refractivity contribution in [3.63, 3.8) is 0 Å². The van der Waals surface area contributed by atoms with Crippen LogP contribution in [0, 0.1) is 12.8 Å². The summed E-state index contributed by atoms with van der Waals surface area (Å²) in [6, 6.07) is 7.37. The Bertz CT molecular complexity index is 791. The Balaban J connectivity index is 2.09. The maximum absolute atomic E-state index is 12.8. The zero-order valence-electron chi connectivity index (χ0n) is 13.7. The van der Waals surface area contributed by atoms with E-state index in [0.29, 0.717) is 0 Å². The molecule has 0 spiro atoms. The molecule has 5 nitrogen and oxygen atoms in total. The molecule has 1 fully saturated rings. The Kier molecular flexibility index (Phi) is 4.22. The van der Waals surface area contributed by atoms with Gasteiger partial charge in [0.2, 0.25) is 0 Å². The number of nitrogens with two attached hydrogens (primary N) is 2. The van der Waals surface area contributed by atoms with E-state index >= 15 is 0 Å². The second-order valence-electron chi connectivity index (χ2n) is 6.50. The topological polar surface area (TPSA) is 86.9 Å². The second kappa shape index (κ2) is 6.09. The number of hydrogen-bond acceptors (Lipinski definition) is 3. The third kappa shape index (κ3) is 3.62. The van der Waals surface area contributed by atoms with Crippen LogP contribution in [0.5, 0.6) is 0 Å². The number of alkyl halides is 3. The lowest BCUT2D eigenvalue weighted by atomic mass is 10.0. The Labute approximate surface area is 142 Å². The first-order chi connectivity index (χ1) is 11.7. The number of anilines is 1. The van der Waals surface area contributed by atoms with Crippen LogP contribution in [0.3, 0.4) is 0 Å². The molecule has 1 unspecified atom stereocenters. The molecule has 0 aliphatic heterocycles. The number of carbonyl (C=O) groups is 1. The molecule has 2 aromatic rings. The van der Waals surface area contributed by atoms with E-state index in [1.54, 1.807) is 0 Å². The van der Waals surface area contributed by atoms with Crippen LogP contribution in [0.4, 0.5) is 19.0 Å². The molecule has 1 aromatic carbocycles. The van der Waals surface area contributed by atoms with Crippen LogP contribution in [-0.4, -0.2) is 21.9 Å². The highest BCUT2D eigenvalue weighted by molar-refractivity contribution is 5.98. The predicted octanol–water partition coefficient (Wildman–Crippen LogP) is 2.98. The summed E-state index contributed by atoms with van der Waals surface area (Å²) in [6.07, 6.45) is -3.99. The van der Waals surface area contributed by atoms with Crippen LogP contribution in [0.2, 0.25) is 0 Å². The van der Waals surface area contributed by atoms with E-state index < -0.39 is 24.2 Å². The van der Waals surface area contributed by atoms with Gasteiger partial charge in [0.05, 0.1) is 18.2 Å². The Morgan fingerprint density at radius 2 is 1.92 bits per heavy atom. The van der Waals surface area contributed by atoms with Crippen molar-refractivity contribution in [2.75, 3.05) is 5.73 Å². The zero-order chi connectivity index (χ0) is 18.4. The summed E-state index contributed by atoms with van der Waals surface area (Å²) in [5.74, 6) is -0.880. The van der Waals surface area contributed by atoms with E-state index in [1.165, 1.54) is 4.68 Å². The van der Waals surface area contributed by atoms with Crippen molar-refractivity contribution in [3.8, 4) is 0 Å². The number of nitrogens with zero attached hydrogens (tertiary/aromatic N) is 2. The fourth-order valence-corrected chi connectivity index (χ4v) is 3.08. The quantitative estimate of drug-likeness (QED) is 0.867. The molecule has 8 heteroatoms. The number of amides is 1. The molecule has 1 aliphatic carbocycles. The number of aromatic nitrogens is 2. The number of rotatable bonds is 5. The molecule has 1 aromatic heterocycles. The van der Waals surface area contributed by atoms with Gasteiger partial charge < -0.3 is 11.5 Å². The van der Waals surface area contributed by atoms with Gasteiger partial charge in [0.15, 0.2) is 0 Å². The summed E-state index contributed by atoms with van der Waals surface area (Å²) < 4.78 is 39.8. The predicted molar refractivity (Wildman–Crippen MR) is 87.0 cm³/mol. The lowest BCUT2D eigenvalue weighted by molar-refractivity contribution is -0.127. The molecule has 0 saturated heterocycles. The van der Waals surface area contributed by atoms with E-state index in [1.807, 2.05) is 31.2 Å². The summed E-state index contributed by atoms with van der Waals surface area (Å²) in [7, 11) is 0. The van der Waals surface area contributed by atoms with E-state index in [9.17, 15) is 18.0 Å². The molecule has 3 rings (SSSR count). The van der Waals surface area contributed by atoms with Crippen molar-refractivity contribution in [2.45, 2.75) is 38.4 Å². The first kappa shape index (κ1) is 17.3. The summed E-state index contributed by atoms with van der Waals surface area (Å²) in [5, 5.41) is 4.05. The Morgan fingerprint density at radius 1 is 1.32 bits per heavy atom. The van der Waals surface area contributed by atoms with Gasteiger partial charge in [-0.25, -0.2) is 4.68 Å². The van der Waals surface area contributed by atoms with Crippen LogP contribution in [0.15, 0.2) is 24.3 Å². The molecule has 1 saturated carbocycles. The average Bonchev–Trinajstić information content (AvgIpc) is 3.26. The summed E-state index contributed by atoms with van der Waals surface area (Å²) in [5.41, 5.74) is 12.5. The van der Waals surface area contributed by atoms with E-state index in [4.69, 9.17) is 11.5 Å². The van der Waals surface area contributed by atoms with E-state index in [0.717, 1.165) is 24.0 Å². The number of carbonyl (C=O) groups excluding carboxylic acids is 1. The van der Waals surface area contributed by atoms with Crippen LogP contribution in [0.25, 0.3) is 0 Å². The number of hydrogen-bond donors (Lipinski definition) is 2. The number of benzene rings is 1. The van der Waals surface area contributed by atoms with Crippen molar-refractivity contribution in [3.05, 3.63) is 46.6 Å². The molecule has 1 atom stereocenters. The number of aryl methyl sites for hydroxylation is 1. The molecule has 1 aliphatic rings. The van der Waals surface area contributed by atoms with Gasteiger partial charge in [0, 0.05) is 0 Å². The summed E-state index contributed by atoms with van der Waals surface area (Å²) >= 11 is 0. The van der Waals surface area contributed by atoms with Crippen molar-refractivity contribution in [2.24, 2.45) is 11.7 Å². The van der Waals surface area contributed by atoms with Crippen LogP contribution >= 0.6 is 0 Å². The van der Waals surface area contributed by atoms with Crippen LogP contribution in [-0.2, 0) is 6.42 Å². The minimum Gasteiger partial charge on any atom is -0.383 e. The minimum atomic E-state index is -4.51. The zero-order valence-corrected chi connectivity index (χ0v) is 13.7. The Hall–Kier alpha value is -2.51. The van der Waals surface area contributed by atoms with Crippen LogP contribution in [0.1, 0.15) is 46.1 Å². The van der Waals surface area contributed by atoms with Crippen molar-refractivity contribution < 1.29 is 18.0 Å². The fourth-order valence-electron chi connectivity index (χ4n) is 3.08. The second-order valence-corrected chi connectivity index (χ2v) is 6.50. The van der Waals surface area contributed by atoms with Gasteiger partial charge in [-0.15, -0.1) is 0 Å². The summed E-state index contributed by atoms with van der Waals surface area (Å²) in [6.45, 7) is 1.95. The van der Waals surface area contributed by atoms with Gasteiger partial charge in [0.1, 0.15) is 11.4 Å². The lowest BCUT2D eigenvalue weighted by Crippen LogP contribution is -2.19. The minimum absolute atomic E-state index is 0.107. The lowest BCUT2D eigenvalue weighted by Gasteiger charge is -2.19. The normalized spacial score (nSPS) is 16.0. The van der Waals surface area contributed by atoms with Crippen molar-refractivity contribution in [1.82, 2.24) is 9.78 Å². The third-order valence-electron chi connectivity index (χ3n) is 4.39. The molecule has 25 heavy (non-hydrogen) atoms. The average molecular weight is 352 g/mol. The number of nitrogen functional groups attached to an aromatic ring is 1. The van der Waals surface area contributed by atoms with Gasteiger partial charge in [-0.05, 0) is 31.2 Å². The van der Waals surface area contributed by atoms with Crippen LogP contribution < -0.4 is 11.5 Å². The molecular formula is C17H19F3N4O. The van der Waals surface area contributed by atoms with Gasteiger partial charge in [-0.3, -0.25) is 4.79 Å². The monoisotopic (exact) mass is 352 g/mol. The van der Waals surface area contributed by atoms with Gasteiger partial charge in [-0.2, -0.15) is 18.3 Å². The van der Waals surface area contributed by atoms with Crippen molar-refractivity contribution in [1.29, 1.82) is 0 Å². The Morgan fingerprint density at radius 3 is 2.40 bits per heavy atom. The largest absolute Gasteiger partial charge is 0.394 e. The van der Waals surface area contributed by atoms with Gasteiger partial charge >= 0.3 is 6.18 Å².